The van der Waals surface area contributed by atoms with Crippen LogP contribution in [0.15, 0.2) is 48.5 Å². The van der Waals surface area contributed by atoms with Crippen LogP contribution in [0.2, 0.25) is 5.02 Å². The maximum Gasteiger partial charge on any atom is 0.321 e. The second kappa shape index (κ2) is 10.0. The fourth-order valence-electron chi connectivity index (χ4n) is 4.06. The van der Waals surface area contributed by atoms with Crippen molar-refractivity contribution < 1.29 is 14.3 Å². The molecule has 2 N–H and O–H groups in total. The first-order valence-corrected chi connectivity index (χ1v) is 11.0. The lowest BCUT2D eigenvalue weighted by Gasteiger charge is -2.33. The van der Waals surface area contributed by atoms with Crippen molar-refractivity contribution in [1.82, 2.24) is 4.90 Å². The third-order valence-corrected chi connectivity index (χ3v) is 5.98. The van der Waals surface area contributed by atoms with E-state index in [-0.39, 0.29) is 17.9 Å². The minimum atomic E-state index is -0.271. The number of hydrogen-bond donors (Lipinski definition) is 2. The molecule has 1 atom stereocenters. The predicted molar refractivity (Wildman–Crippen MR) is 123 cm³/mol. The Labute approximate surface area is 187 Å². The number of para-hydroxylation sites is 2. The molecule has 3 amide bonds. The fourth-order valence-corrected chi connectivity index (χ4v) is 4.35. The standard InChI is InChI=1S/C23H27ClN4O3/c24-19-9-4-10-20(21(19)27-12-14-31-15-13-27)26-22(29)17-6-5-11-28(16-17)23(30)25-18-7-2-1-3-8-18/h1-4,7-10,17H,5-6,11-16H2,(H,25,30)(H,26,29)/t17-/m0/s1. The number of rotatable bonds is 4. The summed E-state index contributed by atoms with van der Waals surface area (Å²) in [4.78, 5) is 29.6. The predicted octanol–water partition coefficient (Wildman–Crippen LogP) is 4.06. The number of morpholine rings is 1. The number of nitrogens with one attached hydrogen (secondary N) is 2. The molecule has 2 aromatic rings. The van der Waals surface area contributed by atoms with E-state index >= 15 is 0 Å². The molecule has 2 aromatic carbocycles. The lowest BCUT2D eigenvalue weighted by molar-refractivity contribution is -0.121. The van der Waals surface area contributed by atoms with Gasteiger partial charge in [0.05, 0.1) is 35.5 Å². The molecule has 4 rings (SSSR count). The number of likely N-dealkylation sites (tertiary alicyclic amines) is 1. The summed E-state index contributed by atoms with van der Waals surface area (Å²) in [5, 5.41) is 6.57. The van der Waals surface area contributed by atoms with Crippen LogP contribution in [0.3, 0.4) is 0 Å². The molecule has 2 fully saturated rings. The number of benzene rings is 2. The Morgan fingerprint density at radius 3 is 2.52 bits per heavy atom. The highest BCUT2D eigenvalue weighted by molar-refractivity contribution is 6.34. The first-order chi connectivity index (χ1) is 15.1. The van der Waals surface area contributed by atoms with E-state index in [1.165, 1.54) is 0 Å². The third-order valence-electron chi connectivity index (χ3n) is 5.68. The second-order valence-corrected chi connectivity index (χ2v) is 8.21. The lowest BCUT2D eigenvalue weighted by atomic mass is 9.97. The SMILES string of the molecule is O=C(Nc1cccc(Cl)c1N1CCOCC1)[C@H]1CCCN(C(=O)Nc2ccccc2)C1. The molecule has 31 heavy (non-hydrogen) atoms. The molecule has 0 aromatic heterocycles. The Kier molecular flexibility index (Phi) is 6.94. The van der Waals surface area contributed by atoms with E-state index in [4.69, 9.17) is 16.3 Å². The van der Waals surface area contributed by atoms with Gasteiger partial charge in [-0.25, -0.2) is 4.79 Å². The highest BCUT2D eigenvalue weighted by Gasteiger charge is 2.29. The first-order valence-electron chi connectivity index (χ1n) is 10.6. The molecule has 0 radical (unpaired) electrons. The van der Waals surface area contributed by atoms with Gasteiger partial charge in [-0.2, -0.15) is 0 Å². The molecule has 0 unspecified atom stereocenters. The summed E-state index contributed by atoms with van der Waals surface area (Å²) in [6.07, 6.45) is 1.53. The fraction of sp³-hybridized carbons (Fsp3) is 0.391. The van der Waals surface area contributed by atoms with Crippen LogP contribution in [-0.2, 0) is 9.53 Å². The summed E-state index contributed by atoms with van der Waals surface area (Å²) in [6, 6.07) is 14.7. The largest absolute Gasteiger partial charge is 0.378 e. The summed E-state index contributed by atoms with van der Waals surface area (Å²) >= 11 is 6.48. The van der Waals surface area contributed by atoms with E-state index in [2.05, 4.69) is 15.5 Å². The van der Waals surface area contributed by atoms with Gasteiger partial charge in [-0.3, -0.25) is 4.79 Å². The maximum absolute atomic E-state index is 13.1. The first kappa shape index (κ1) is 21.5. The van der Waals surface area contributed by atoms with Crippen LogP contribution in [0.5, 0.6) is 0 Å². The average Bonchev–Trinajstić information content (AvgIpc) is 2.80. The summed E-state index contributed by atoms with van der Waals surface area (Å²) in [6.45, 7) is 3.74. The van der Waals surface area contributed by atoms with Crippen molar-refractivity contribution in [2.45, 2.75) is 12.8 Å². The van der Waals surface area contributed by atoms with E-state index in [1.807, 2.05) is 48.5 Å². The number of hydrogen-bond acceptors (Lipinski definition) is 4. The Hall–Kier alpha value is -2.77. The number of anilines is 3. The van der Waals surface area contributed by atoms with Gasteiger partial charge in [0, 0.05) is 31.9 Å². The van der Waals surface area contributed by atoms with E-state index in [1.54, 1.807) is 4.90 Å². The molecule has 2 aliphatic rings. The van der Waals surface area contributed by atoms with Crippen molar-refractivity contribution in [3.63, 3.8) is 0 Å². The van der Waals surface area contributed by atoms with Crippen LogP contribution in [0.25, 0.3) is 0 Å². The molecule has 0 aliphatic carbocycles. The third kappa shape index (κ3) is 5.29. The highest BCUT2D eigenvalue weighted by atomic mass is 35.5. The van der Waals surface area contributed by atoms with Gasteiger partial charge in [-0.15, -0.1) is 0 Å². The summed E-state index contributed by atoms with van der Waals surface area (Å²) in [5.74, 6) is -0.360. The van der Waals surface area contributed by atoms with Gasteiger partial charge in [0.1, 0.15) is 0 Å². The Bertz CT molecular complexity index is 918. The van der Waals surface area contributed by atoms with Crippen molar-refractivity contribution in [2.24, 2.45) is 5.92 Å². The monoisotopic (exact) mass is 442 g/mol. The van der Waals surface area contributed by atoms with Crippen LogP contribution < -0.4 is 15.5 Å². The van der Waals surface area contributed by atoms with Gasteiger partial charge in [0.25, 0.3) is 0 Å². The number of halogens is 1. The summed E-state index contributed by atoms with van der Waals surface area (Å²) < 4.78 is 5.44. The zero-order valence-electron chi connectivity index (χ0n) is 17.4. The number of nitrogens with zero attached hydrogens (tertiary/aromatic N) is 2. The molecule has 164 valence electrons. The summed E-state index contributed by atoms with van der Waals surface area (Å²) in [7, 11) is 0. The van der Waals surface area contributed by atoms with Crippen molar-refractivity contribution in [2.75, 3.05) is 54.9 Å². The molecule has 2 saturated heterocycles. The number of urea groups is 1. The number of ether oxygens (including phenoxy) is 1. The van der Waals surface area contributed by atoms with Gasteiger partial charge in [-0.05, 0) is 37.1 Å². The zero-order valence-corrected chi connectivity index (χ0v) is 18.1. The summed E-state index contributed by atoms with van der Waals surface area (Å²) in [5.41, 5.74) is 2.27. The topological polar surface area (TPSA) is 73.9 Å². The lowest BCUT2D eigenvalue weighted by Crippen LogP contribution is -2.45. The van der Waals surface area contributed by atoms with E-state index in [0.29, 0.717) is 37.0 Å². The average molecular weight is 443 g/mol. The second-order valence-electron chi connectivity index (χ2n) is 7.81. The van der Waals surface area contributed by atoms with Crippen LogP contribution in [0.4, 0.5) is 21.9 Å². The van der Waals surface area contributed by atoms with E-state index in [9.17, 15) is 9.59 Å². The van der Waals surface area contributed by atoms with Crippen molar-refractivity contribution in [3.05, 3.63) is 53.6 Å². The van der Waals surface area contributed by atoms with E-state index < -0.39 is 0 Å². The van der Waals surface area contributed by atoms with Crippen LogP contribution >= 0.6 is 11.6 Å². The zero-order chi connectivity index (χ0) is 21.6. The van der Waals surface area contributed by atoms with Crippen LogP contribution in [0.1, 0.15) is 12.8 Å². The Balaban J connectivity index is 1.42. The number of piperidine rings is 1. The maximum atomic E-state index is 13.1. The van der Waals surface area contributed by atoms with Crippen molar-refractivity contribution >= 4 is 40.6 Å². The number of carbonyl (C=O) groups is 2. The minimum absolute atomic E-state index is 0.0889. The van der Waals surface area contributed by atoms with Crippen LogP contribution in [0, 0.1) is 5.92 Å². The Morgan fingerprint density at radius 1 is 0.968 bits per heavy atom. The smallest absolute Gasteiger partial charge is 0.321 e. The number of carbonyl (C=O) groups excluding carboxylic acids is 2. The Morgan fingerprint density at radius 2 is 1.74 bits per heavy atom. The molecule has 8 heteroatoms. The number of amides is 3. The van der Waals surface area contributed by atoms with Gasteiger partial charge in [0.2, 0.25) is 5.91 Å². The van der Waals surface area contributed by atoms with Crippen LogP contribution in [-0.4, -0.2) is 56.2 Å². The van der Waals surface area contributed by atoms with Gasteiger partial charge in [-0.1, -0.05) is 35.9 Å². The normalized spacial score (nSPS) is 19.1. The van der Waals surface area contributed by atoms with Gasteiger partial charge < -0.3 is 25.2 Å². The van der Waals surface area contributed by atoms with Gasteiger partial charge in [0.15, 0.2) is 0 Å². The quantitative estimate of drug-likeness (QED) is 0.748. The molecule has 0 saturated carbocycles. The molecule has 0 spiro atoms. The molecule has 2 heterocycles. The van der Waals surface area contributed by atoms with E-state index in [0.717, 1.165) is 37.3 Å². The molecule has 2 aliphatic heterocycles. The van der Waals surface area contributed by atoms with Crippen molar-refractivity contribution in [3.8, 4) is 0 Å². The van der Waals surface area contributed by atoms with Crippen molar-refractivity contribution in [1.29, 1.82) is 0 Å². The highest BCUT2D eigenvalue weighted by Crippen LogP contribution is 2.35. The van der Waals surface area contributed by atoms with Gasteiger partial charge >= 0.3 is 6.03 Å². The molecular formula is C23H27ClN4O3. The minimum Gasteiger partial charge on any atom is -0.378 e. The molecular weight excluding hydrogens is 416 g/mol. The molecule has 0 bridgehead atoms. The molecule has 7 nitrogen and oxygen atoms in total.